The van der Waals surface area contributed by atoms with E-state index in [9.17, 15) is 8.42 Å². The maximum atomic E-state index is 12.9. The number of hydrogen-bond acceptors (Lipinski definition) is 9. The Labute approximate surface area is 197 Å². The standard InChI is InChI=1S/C24H23N5O4S/c1-32-22-7-3-2-6-19(22)23-28-29-24(33-23)21-15-26-14-20(27-21)16-8-10-17(11-9-16)34(30,31)18-5-4-12-25-13-18/h2-3,6-11,14-15,18,25H,4-5,12-13H2,1H3. The fourth-order valence-electron chi connectivity index (χ4n) is 3.96. The van der Waals surface area contributed by atoms with Gasteiger partial charge in [0.25, 0.3) is 11.8 Å². The summed E-state index contributed by atoms with van der Waals surface area (Å²) in [7, 11) is -1.81. The molecule has 1 fully saturated rings. The van der Waals surface area contributed by atoms with E-state index < -0.39 is 15.1 Å². The van der Waals surface area contributed by atoms with Gasteiger partial charge in [0, 0.05) is 12.1 Å². The van der Waals surface area contributed by atoms with Crippen LogP contribution in [0.2, 0.25) is 0 Å². The molecule has 0 radical (unpaired) electrons. The van der Waals surface area contributed by atoms with Crippen molar-refractivity contribution in [1.29, 1.82) is 0 Å². The zero-order valence-corrected chi connectivity index (χ0v) is 19.3. The first-order chi connectivity index (χ1) is 16.6. The Hall–Kier alpha value is -3.63. The Morgan fingerprint density at radius 2 is 1.76 bits per heavy atom. The topological polar surface area (TPSA) is 120 Å². The van der Waals surface area contributed by atoms with Crippen LogP contribution >= 0.6 is 0 Å². The predicted molar refractivity (Wildman–Crippen MR) is 126 cm³/mol. The maximum absolute atomic E-state index is 12.9. The third kappa shape index (κ3) is 4.29. The average molecular weight is 478 g/mol. The SMILES string of the molecule is COc1ccccc1-c1nnc(-c2cncc(-c3ccc(S(=O)(=O)C4CCCNC4)cc3)n2)o1. The molecule has 0 bridgehead atoms. The minimum absolute atomic E-state index is 0.222. The second-order valence-electron chi connectivity index (χ2n) is 7.94. The molecule has 0 saturated carbocycles. The van der Waals surface area contributed by atoms with Gasteiger partial charge in [-0.15, -0.1) is 10.2 Å². The second kappa shape index (κ2) is 9.32. The maximum Gasteiger partial charge on any atom is 0.268 e. The number of methoxy groups -OCH3 is 1. The molecule has 2 aromatic carbocycles. The number of nitrogens with one attached hydrogen (secondary N) is 1. The molecule has 4 aromatic rings. The molecule has 1 saturated heterocycles. The molecule has 1 atom stereocenters. The molecular formula is C24H23N5O4S. The van der Waals surface area contributed by atoms with Crippen molar-refractivity contribution in [2.24, 2.45) is 0 Å². The van der Waals surface area contributed by atoms with Crippen molar-refractivity contribution in [1.82, 2.24) is 25.5 Å². The molecule has 1 N–H and O–H groups in total. The van der Waals surface area contributed by atoms with Crippen molar-refractivity contribution in [3.05, 3.63) is 60.9 Å². The van der Waals surface area contributed by atoms with Crippen LogP contribution in [0.25, 0.3) is 34.3 Å². The lowest BCUT2D eigenvalue weighted by atomic mass is 10.1. The lowest BCUT2D eigenvalue weighted by Gasteiger charge is -2.22. The van der Waals surface area contributed by atoms with Gasteiger partial charge in [0.2, 0.25) is 0 Å². The Morgan fingerprint density at radius 3 is 2.53 bits per heavy atom. The fraction of sp³-hybridized carbons (Fsp3) is 0.250. The summed E-state index contributed by atoms with van der Waals surface area (Å²) < 4.78 is 37.1. The third-order valence-corrected chi connectivity index (χ3v) is 7.99. The summed E-state index contributed by atoms with van der Waals surface area (Å²) in [6.45, 7) is 1.35. The van der Waals surface area contributed by atoms with Gasteiger partial charge in [-0.25, -0.2) is 13.4 Å². The highest BCUT2D eigenvalue weighted by Gasteiger charge is 2.28. The molecule has 0 aliphatic carbocycles. The molecule has 10 heteroatoms. The number of benzene rings is 2. The van der Waals surface area contributed by atoms with E-state index in [0.717, 1.165) is 18.5 Å². The van der Waals surface area contributed by atoms with E-state index in [1.54, 1.807) is 37.6 Å². The number of hydrogen-bond donors (Lipinski definition) is 1. The molecule has 34 heavy (non-hydrogen) atoms. The zero-order valence-electron chi connectivity index (χ0n) is 18.5. The third-order valence-electron chi connectivity index (χ3n) is 5.79. The summed E-state index contributed by atoms with van der Waals surface area (Å²) in [4.78, 5) is 9.16. The molecular weight excluding hydrogens is 454 g/mol. The minimum atomic E-state index is -3.38. The molecule has 1 unspecified atom stereocenters. The molecule has 0 spiro atoms. The number of sulfone groups is 1. The molecule has 1 aliphatic heterocycles. The number of piperidine rings is 1. The summed E-state index contributed by atoms with van der Waals surface area (Å²) in [5.74, 6) is 1.15. The first-order valence-corrected chi connectivity index (χ1v) is 12.5. The van der Waals surface area contributed by atoms with Crippen LogP contribution in [0.1, 0.15) is 12.8 Å². The Bertz CT molecular complexity index is 1400. The second-order valence-corrected chi connectivity index (χ2v) is 10.2. The van der Waals surface area contributed by atoms with Crippen molar-refractivity contribution in [2.75, 3.05) is 20.2 Å². The zero-order chi connectivity index (χ0) is 23.5. The first-order valence-electron chi connectivity index (χ1n) is 10.9. The van der Waals surface area contributed by atoms with Crippen LogP contribution < -0.4 is 10.1 Å². The Kier molecular flexibility index (Phi) is 6.08. The van der Waals surface area contributed by atoms with E-state index in [1.807, 2.05) is 24.3 Å². The molecule has 1 aliphatic rings. The highest BCUT2D eigenvalue weighted by molar-refractivity contribution is 7.92. The van der Waals surface area contributed by atoms with Crippen LogP contribution in [-0.2, 0) is 9.84 Å². The highest BCUT2D eigenvalue weighted by Crippen LogP contribution is 2.31. The Morgan fingerprint density at radius 1 is 1.00 bits per heavy atom. The van der Waals surface area contributed by atoms with Crippen LogP contribution in [0.5, 0.6) is 5.75 Å². The lowest BCUT2D eigenvalue weighted by molar-refractivity contribution is 0.414. The van der Waals surface area contributed by atoms with E-state index in [1.165, 1.54) is 6.20 Å². The summed E-state index contributed by atoms with van der Waals surface area (Å²) >= 11 is 0. The molecule has 0 amide bonds. The van der Waals surface area contributed by atoms with Crippen LogP contribution in [0.15, 0.2) is 70.2 Å². The number of aromatic nitrogens is 4. The van der Waals surface area contributed by atoms with Crippen molar-refractivity contribution >= 4 is 9.84 Å². The summed E-state index contributed by atoms with van der Waals surface area (Å²) in [6.07, 6.45) is 4.68. The van der Waals surface area contributed by atoms with Gasteiger partial charge < -0.3 is 14.5 Å². The summed E-state index contributed by atoms with van der Waals surface area (Å²) in [6, 6.07) is 14.1. The lowest BCUT2D eigenvalue weighted by Crippen LogP contribution is -2.38. The number of ether oxygens (including phenoxy) is 1. The van der Waals surface area contributed by atoms with Gasteiger partial charge in [-0.05, 0) is 43.7 Å². The van der Waals surface area contributed by atoms with Crippen LogP contribution in [0.3, 0.4) is 0 Å². The van der Waals surface area contributed by atoms with Crippen molar-refractivity contribution in [3.8, 4) is 40.0 Å². The van der Waals surface area contributed by atoms with Gasteiger partial charge in [-0.2, -0.15) is 0 Å². The van der Waals surface area contributed by atoms with Crippen LogP contribution in [0.4, 0.5) is 0 Å². The Balaban J connectivity index is 1.40. The van der Waals surface area contributed by atoms with Gasteiger partial charge in [-0.3, -0.25) is 4.98 Å². The molecule has 9 nitrogen and oxygen atoms in total. The normalized spacial score (nSPS) is 16.3. The van der Waals surface area contributed by atoms with E-state index in [-0.39, 0.29) is 5.89 Å². The smallest absolute Gasteiger partial charge is 0.268 e. The first kappa shape index (κ1) is 22.2. The van der Waals surface area contributed by atoms with E-state index in [2.05, 4.69) is 25.5 Å². The summed E-state index contributed by atoms with van der Waals surface area (Å²) in [5.41, 5.74) is 2.39. The number of para-hydroxylation sites is 1. The van der Waals surface area contributed by atoms with Crippen molar-refractivity contribution in [3.63, 3.8) is 0 Å². The summed E-state index contributed by atoms with van der Waals surface area (Å²) in [5, 5.41) is 11.0. The number of nitrogens with zero attached hydrogens (tertiary/aromatic N) is 4. The predicted octanol–water partition coefficient (Wildman–Crippen LogP) is 3.39. The molecule has 3 heterocycles. The monoisotopic (exact) mass is 477 g/mol. The van der Waals surface area contributed by atoms with Gasteiger partial charge in [0.15, 0.2) is 9.84 Å². The van der Waals surface area contributed by atoms with Gasteiger partial charge in [0.05, 0.1) is 40.9 Å². The van der Waals surface area contributed by atoms with Gasteiger partial charge in [-0.1, -0.05) is 24.3 Å². The van der Waals surface area contributed by atoms with Crippen LogP contribution in [-0.4, -0.2) is 54.0 Å². The van der Waals surface area contributed by atoms with E-state index in [4.69, 9.17) is 9.15 Å². The van der Waals surface area contributed by atoms with Crippen molar-refractivity contribution in [2.45, 2.75) is 23.0 Å². The fourth-order valence-corrected chi connectivity index (χ4v) is 5.67. The van der Waals surface area contributed by atoms with Crippen LogP contribution in [0, 0.1) is 0 Å². The van der Waals surface area contributed by atoms with E-state index >= 15 is 0 Å². The van der Waals surface area contributed by atoms with Gasteiger partial charge in [0.1, 0.15) is 11.4 Å². The average Bonchev–Trinajstić information content (AvgIpc) is 3.40. The van der Waals surface area contributed by atoms with Crippen molar-refractivity contribution < 1.29 is 17.6 Å². The highest BCUT2D eigenvalue weighted by atomic mass is 32.2. The molecule has 5 rings (SSSR count). The van der Waals surface area contributed by atoms with Gasteiger partial charge >= 0.3 is 0 Å². The molecule has 174 valence electrons. The quantitative estimate of drug-likeness (QED) is 0.445. The van der Waals surface area contributed by atoms with E-state index in [0.29, 0.717) is 46.5 Å². The largest absolute Gasteiger partial charge is 0.496 e. The molecule has 2 aromatic heterocycles. The number of rotatable bonds is 6. The minimum Gasteiger partial charge on any atom is -0.496 e.